The van der Waals surface area contributed by atoms with Crippen LogP contribution in [0.2, 0.25) is 0 Å². The second-order valence-electron chi connectivity index (χ2n) is 4.43. The molecule has 1 aromatic carbocycles. The Kier molecular flexibility index (Phi) is 6.26. The lowest BCUT2D eigenvalue weighted by atomic mass is 10.1. The van der Waals surface area contributed by atoms with Crippen LogP contribution in [-0.2, 0) is 10.1 Å². The lowest BCUT2D eigenvalue weighted by Crippen LogP contribution is -2.25. The number of benzene rings is 1. The Morgan fingerprint density at radius 3 is 2.70 bits per heavy atom. The maximum Gasteiger partial charge on any atom is 0.313 e. The van der Waals surface area contributed by atoms with Crippen LogP contribution in [0.3, 0.4) is 0 Å². The molecule has 5 heteroatoms. The molecule has 1 amide bonds. The Bertz CT molecular complexity index is 547. The zero-order chi connectivity index (χ0) is 15.1. The number of alkyl halides is 1. The Balaban J connectivity index is 3.07. The summed E-state index contributed by atoms with van der Waals surface area (Å²) in [6.45, 7) is 3.58. The molecule has 0 heterocycles. The van der Waals surface area contributed by atoms with E-state index in [2.05, 4.69) is 27.2 Å². The largest absolute Gasteiger partial charge is 0.425 e. The van der Waals surface area contributed by atoms with Crippen molar-refractivity contribution in [2.75, 3.05) is 6.54 Å². The van der Waals surface area contributed by atoms with E-state index < -0.39 is 0 Å². The second kappa shape index (κ2) is 7.71. The minimum Gasteiger partial charge on any atom is -0.425 e. The van der Waals surface area contributed by atoms with Gasteiger partial charge in [0.2, 0.25) is 0 Å². The first-order chi connectivity index (χ1) is 9.49. The number of esters is 1. The summed E-state index contributed by atoms with van der Waals surface area (Å²) in [6.07, 6.45) is 5.11. The predicted octanol–water partition coefficient (Wildman–Crippen LogP) is 2.51. The number of rotatable bonds is 5. The van der Waals surface area contributed by atoms with E-state index in [-0.39, 0.29) is 30.1 Å². The summed E-state index contributed by atoms with van der Waals surface area (Å²) in [7, 11) is 0. The fourth-order valence-corrected chi connectivity index (χ4v) is 1.73. The minimum atomic E-state index is -0.386. The van der Waals surface area contributed by atoms with Crippen molar-refractivity contribution in [2.24, 2.45) is 5.92 Å². The van der Waals surface area contributed by atoms with Crippen molar-refractivity contribution in [2.45, 2.75) is 19.2 Å². The summed E-state index contributed by atoms with van der Waals surface area (Å²) in [5.41, 5.74) is 1.20. The summed E-state index contributed by atoms with van der Waals surface area (Å²) >= 11 is 3.32. The molecule has 20 heavy (non-hydrogen) atoms. The van der Waals surface area contributed by atoms with E-state index in [1.54, 1.807) is 32.0 Å². The average Bonchev–Trinajstić information content (AvgIpc) is 2.44. The Labute approximate surface area is 127 Å². The first kappa shape index (κ1) is 16.3. The van der Waals surface area contributed by atoms with Crippen molar-refractivity contribution >= 4 is 27.8 Å². The van der Waals surface area contributed by atoms with Crippen LogP contribution in [0.15, 0.2) is 18.2 Å². The van der Waals surface area contributed by atoms with E-state index in [9.17, 15) is 9.59 Å². The van der Waals surface area contributed by atoms with Gasteiger partial charge in [0.05, 0.1) is 18.0 Å². The van der Waals surface area contributed by atoms with E-state index in [0.717, 1.165) is 5.56 Å². The zero-order valence-electron chi connectivity index (χ0n) is 11.4. The van der Waals surface area contributed by atoms with E-state index in [1.165, 1.54) is 0 Å². The molecular formula is C15H16BrNO3. The molecular weight excluding hydrogens is 322 g/mol. The number of nitrogens with one attached hydrogen (secondary N) is 1. The molecule has 0 unspecified atom stereocenters. The predicted molar refractivity (Wildman–Crippen MR) is 80.7 cm³/mol. The number of carbonyl (C=O) groups excluding carboxylic acids is 2. The lowest BCUT2D eigenvalue weighted by Gasteiger charge is -2.12. The van der Waals surface area contributed by atoms with Gasteiger partial charge in [-0.25, -0.2) is 0 Å². The van der Waals surface area contributed by atoms with Crippen molar-refractivity contribution in [1.82, 2.24) is 5.32 Å². The minimum absolute atomic E-state index is 0.120. The topological polar surface area (TPSA) is 55.4 Å². The monoisotopic (exact) mass is 337 g/mol. The standard InChI is InChI=1S/C15H16BrNO3/c1-4-7-17-14(18)12-8-11(9-16)5-6-13(12)20-15(19)10(2)3/h1,5-6,8,10H,7,9H2,2-3H3,(H,17,18). The highest BCUT2D eigenvalue weighted by atomic mass is 79.9. The molecule has 0 atom stereocenters. The third-order valence-corrected chi connectivity index (χ3v) is 3.12. The van der Waals surface area contributed by atoms with Crippen molar-refractivity contribution in [3.05, 3.63) is 29.3 Å². The number of ether oxygens (including phenoxy) is 1. The normalized spacial score (nSPS) is 9.95. The van der Waals surface area contributed by atoms with Gasteiger partial charge < -0.3 is 10.1 Å². The van der Waals surface area contributed by atoms with Gasteiger partial charge in [0.25, 0.3) is 5.91 Å². The second-order valence-corrected chi connectivity index (χ2v) is 4.99. The lowest BCUT2D eigenvalue weighted by molar-refractivity contribution is -0.137. The fourth-order valence-electron chi connectivity index (χ4n) is 1.38. The van der Waals surface area contributed by atoms with Crippen LogP contribution in [0.5, 0.6) is 5.75 Å². The number of hydrogen-bond donors (Lipinski definition) is 1. The molecule has 0 saturated carbocycles. The first-order valence-electron chi connectivity index (χ1n) is 6.11. The van der Waals surface area contributed by atoms with E-state index in [1.807, 2.05) is 0 Å². The Hall–Kier alpha value is -1.80. The molecule has 0 saturated heterocycles. The molecule has 4 nitrogen and oxygen atoms in total. The molecule has 0 bridgehead atoms. The van der Waals surface area contributed by atoms with Crippen molar-refractivity contribution in [3.8, 4) is 18.1 Å². The van der Waals surface area contributed by atoms with Crippen molar-refractivity contribution in [3.63, 3.8) is 0 Å². The van der Waals surface area contributed by atoms with Gasteiger partial charge in [-0.15, -0.1) is 6.42 Å². The quantitative estimate of drug-likeness (QED) is 0.388. The summed E-state index contributed by atoms with van der Waals surface area (Å²) in [5.74, 6) is 1.54. The van der Waals surface area contributed by atoms with Crippen LogP contribution in [-0.4, -0.2) is 18.4 Å². The molecule has 0 aromatic heterocycles. The molecule has 106 valence electrons. The molecule has 1 aromatic rings. The third kappa shape index (κ3) is 4.39. The van der Waals surface area contributed by atoms with E-state index >= 15 is 0 Å². The van der Waals surface area contributed by atoms with Gasteiger partial charge in [-0.05, 0) is 17.7 Å². The molecule has 0 fully saturated rings. The van der Waals surface area contributed by atoms with Crippen molar-refractivity contribution < 1.29 is 14.3 Å². The Morgan fingerprint density at radius 2 is 2.15 bits per heavy atom. The van der Waals surface area contributed by atoms with Crippen LogP contribution in [0.1, 0.15) is 29.8 Å². The summed E-state index contributed by atoms with van der Waals surface area (Å²) < 4.78 is 5.24. The SMILES string of the molecule is C#CCNC(=O)c1cc(CBr)ccc1OC(=O)C(C)C. The Morgan fingerprint density at radius 1 is 1.45 bits per heavy atom. The number of terminal acetylenes is 1. The highest BCUT2D eigenvalue weighted by Crippen LogP contribution is 2.22. The molecule has 0 radical (unpaired) electrons. The van der Waals surface area contributed by atoms with Crippen LogP contribution >= 0.6 is 15.9 Å². The molecule has 0 spiro atoms. The highest BCUT2D eigenvalue weighted by molar-refractivity contribution is 9.08. The average molecular weight is 338 g/mol. The van der Waals surface area contributed by atoms with Crippen LogP contribution in [0.4, 0.5) is 0 Å². The molecule has 0 aliphatic carbocycles. The zero-order valence-corrected chi connectivity index (χ0v) is 13.0. The van der Waals surface area contributed by atoms with Gasteiger partial charge in [0.1, 0.15) is 5.75 Å². The van der Waals surface area contributed by atoms with E-state index in [0.29, 0.717) is 10.9 Å². The summed E-state index contributed by atoms with van der Waals surface area (Å²) in [5, 5.41) is 3.16. The smallest absolute Gasteiger partial charge is 0.313 e. The first-order valence-corrected chi connectivity index (χ1v) is 7.24. The number of hydrogen-bond acceptors (Lipinski definition) is 3. The van der Waals surface area contributed by atoms with Gasteiger partial charge >= 0.3 is 5.97 Å². The van der Waals surface area contributed by atoms with Gasteiger partial charge in [0.15, 0.2) is 0 Å². The highest BCUT2D eigenvalue weighted by Gasteiger charge is 2.17. The van der Waals surface area contributed by atoms with Crippen molar-refractivity contribution in [1.29, 1.82) is 0 Å². The number of carbonyl (C=O) groups is 2. The molecule has 0 aliphatic heterocycles. The molecule has 0 aliphatic rings. The molecule has 1 rings (SSSR count). The van der Waals surface area contributed by atoms with Crippen LogP contribution in [0.25, 0.3) is 0 Å². The summed E-state index contributed by atoms with van der Waals surface area (Å²) in [6, 6.07) is 5.07. The summed E-state index contributed by atoms with van der Waals surface area (Å²) in [4.78, 5) is 23.7. The maximum atomic E-state index is 12.0. The molecule has 1 N–H and O–H groups in total. The van der Waals surface area contributed by atoms with Gasteiger partial charge in [0, 0.05) is 5.33 Å². The van der Waals surface area contributed by atoms with Crippen LogP contribution < -0.4 is 10.1 Å². The van der Waals surface area contributed by atoms with Gasteiger partial charge in [-0.3, -0.25) is 9.59 Å². The van der Waals surface area contributed by atoms with Gasteiger partial charge in [-0.1, -0.05) is 41.8 Å². The number of halogens is 1. The van der Waals surface area contributed by atoms with Crippen LogP contribution in [0, 0.1) is 18.3 Å². The van der Waals surface area contributed by atoms with E-state index in [4.69, 9.17) is 11.2 Å². The third-order valence-electron chi connectivity index (χ3n) is 2.48. The maximum absolute atomic E-state index is 12.0. The van der Waals surface area contributed by atoms with Gasteiger partial charge in [-0.2, -0.15) is 0 Å². The number of amides is 1. The fraction of sp³-hybridized carbons (Fsp3) is 0.333.